The van der Waals surface area contributed by atoms with Gasteiger partial charge < -0.3 is 15.0 Å². The van der Waals surface area contributed by atoms with Crippen LogP contribution >= 0.6 is 0 Å². The van der Waals surface area contributed by atoms with E-state index in [1.54, 1.807) is 0 Å². The van der Waals surface area contributed by atoms with Gasteiger partial charge in [-0.1, -0.05) is 0 Å². The fourth-order valence-corrected chi connectivity index (χ4v) is 2.56. The summed E-state index contributed by atoms with van der Waals surface area (Å²) in [6, 6.07) is 1.40. The summed E-state index contributed by atoms with van der Waals surface area (Å²) in [6.45, 7) is 0.990. The highest BCUT2D eigenvalue weighted by molar-refractivity contribution is 5.69. The predicted octanol–water partition coefficient (Wildman–Crippen LogP) is 1.40. The van der Waals surface area contributed by atoms with E-state index in [4.69, 9.17) is 0 Å². The van der Waals surface area contributed by atoms with Gasteiger partial charge in [0.05, 0.1) is 7.11 Å². The molecule has 0 aromatic heterocycles. The topological polar surface area (TPSA) is 41.6 Å². The van der Waals surface area contributed by atoms with E-state index in [9.17, 15) is 4.79 Å². The van der Waals surface area contributed by atoms with Crippen LogP contribution in [0.4, 0.5) is 0 Å². The summed E-state index contributed by atoms with van der Waals surface area (Å²) in [5, 5.41) is 3.35. The first-order valence-corrected chi connectivity index (χ1v) is 6.61. The first-order chi connectivity index (χ1) is 8.17. The van der Waals surface area contributed by atoms with Crippen LogP contribution in [0.15, 0.2) is 0 Å². The quantitative estimate of drug-likeness (QED) is 0.715. The lowest BCUT2D eigenvalue weighted by Gasteiger charge is -2.34. The van der Waals surface area contributed by atoms with Gasteiger partial charge in [-0.15, -0.1) is 0 Å². The lowest BCUT2D eigenvalue weighted by molar-refractivity contribution is -0.140. The van der Waals surface area contributed by atoms with Crippen LogP contribution in [0.3, 0.4) is 0 Å². The molecule has 4 nitrogen and oxygen atoms in total. The molecule has 0 unspecified atom stereocenters. The number of ether oxygens (including phenoxy) is 1. The molecular weight excluding hydrogens is 216 g/mol. The Morgan fingerprint density at radius 3 is 2.53 bits per heavy atom. The maximum atomic E-state index is 11.0. The fraction of sp³-hybridized carbons (Fsp3) is 0.923. The highest BCUT2D eigenvalue weighted by Gasteiger charge is 2.22. The molecule has 17 heavy (non-hydrogen) atoms. The van der Waals surface area contributed by atoms with Gasteiger partial charge in [0.2, 0.25) is 0 Å². The highest BCUT2D eigenvalue weighted by Crippen LogP contribution is 2.22. The van der Waals surface area contributed by atoms with Gasteiger partial charge in [0.1, 0.15) is 0 Å². The number of carbonyl (C=O) groups is 1. The number of nitrogens with zero attached hydrogens (tertiary/aromatic N) is 1. The third-order valence-electron chi connectivity index (χ3n) is 3.85. The molecule has 1 aliphatic carbocycles. The maximum Gasteiger partial charge on any atom is 0.305 e. The van der Waals surface area contributed by atoms with Crippen LogP contribution in [0.1, 0.15) is 38.5 Å². The fourth-order valence-electron chi connectivity index (χ4n) is 2.56. The Kier molecular flexibility index (Phi) is 6.52. The minimum absolute atomic E-state index is 0.0997. The molecule has 0 amide bonds. The van der Waals surface area contributed by atoms with Gasteiger partial charge in [-0.25, -0.2) is 0 Å². The van der Waals surface area contributed by atoms with Crippen molar-refractivity contribution in [1.29, 1.82) is 0 Å². The monoisotopic (exact) mass is 242 g/mol. The van der Waals surface area contributed by atoms with E-state index in [2.05, 4.69) is 22.0 Å². The van der Waals surface area contributed by atoms with Crippen molar-refractivity contribution in [3.8, 4) is 0 Å². The van der Waals surface area contributed by atoms with Gasteiger partial charge in [0.15, 0.2) is 0 Å². The van der Waals surface area contributed by atoms with E-state index in [0.29, 0.717) is 18.5 Å². The van der Waals surface area contributed by atoms with Crippen molar-refractivity contribution in [2.24, 2.45) is 0 Å². The Morgan fingerprint density at radius 1 is 1.35 bits per heavy atom. The smallest absolute Gasteiger partial charge is 0.305 e. The van der Waals surface area contributed by atoms with Gasteiger partial charge in [-0.05, 0) is 52.7 Å². The normalized spacial score (nSPS) is 24.9. The highest BCUT2D eigenvalue weighted by atomic mass is 16.5. The van der Waals surface area contributed by atoms with Crippen LogP contribution in [0.25, 0.3) is 0 Å². The van der Waals surface area contributed by atoms with Crippen LogP contribution < -0.4 is 5.32 Å². The van der Waals surface area contributed by atoms with E-state index in [0.717, 1.165) is 13.0 Å². The molecule has 1 fully saturated rings. The number of hydrogen-bond acceptors (Lipinski definition) is 4. The molecule has 0 radical (unpaired) electrons. The lowest BCUT2D eigenvalue weighted by Crippen LogP contribution is -2.40. The number of nitrogens with one attached hydrogen (secondary N) is 1. The molecule has 0 spiro atoms. The first-order valence-electron chi connectivity index (χ1n) is 6.61. The number of esters is 1. The molecule has 0 heterocycles. The summed E-state index contributed by atoms with van der Waals surface area (Å²) in [5.41, 5.74) is 0. The average molecular weight is 242 g/mol. The van der Waals surface area contributed by atoms with Crippen LogP contribution in [0, 0.1) is 0 Å². The Balaban J connectivity index is 2.15. The molecule has 4 heteroatoms. The first kappa shape index (κ1) is 14.5. The number of methoxy groups -OCH3 is 1. The van der Waals surface area contributed by atoms with Gasteiger partial charge >= 0.3 is 5.97 Å². The Labute approximate surface area is 105 Å². The minimum atomic E-state index is -0.0997. The molecule has 0 bridgehead atoms. The molecule has 1 aliphatic rings. The summed E-state index contributed by atoms with van der Waals surface area (Å²) in [6.07, 6.45) is 6.49. The molecule has 1 saturated carbocycles. The van der Waals surface area contributed by atoms with Crippen molar-refractivity contribution in [3.63, 3.8) is 0 Å². The van der Waals surface area contributed by atoms with E-state index < -0.39 is 0 Å². The second-order valence-electron chi connectivity index (χ2n) is 4.95. The molecule has 100 valence electrons. The third-order valence-corrected chi connectivity index (χ3v) is 3.85. The minimum Gasteiger partial charge on any atom is -0.469 e. The van der Waals surface area contributed by atoms with Crippen LogP contribution in [0.5, 0.6) is 0 Å². The van der Waals surface area contributed by atoms with Gasteiger partial charge in [0, 0.05) is 18.5 Å². The van der Waals surface area contributed by atoms with Crippen molar-refractivity contribution in [1.82, 2.24) is 10.2 Å². The van der Waals surface area contributed by atoms with Crippen LogP contribution in [0.2, 0.25) is 0 Å². The van der Waals surface area contributed by atoms with Crippen molar-refractivity contribution in [2.75, 3.05) is 27.7 Å². The standard InChI is InChI=1S/C13H26N2O2/c1-14-11-6-8-12(9-7-11)15(2)10-4-5-13(16)17-3/h11-12,14H,4-10H2,1-3H3. The number of rotatable bonds is 6. The number of hydrogen-bond donors (Lipinski definition) is 1. The molecule has 1 rings (SSSR count). The van der Waals surface area contributed by atoms with Gasteiger partial charge in [-0.3, -0.25) is 4.79 Å². The molecule has 0 aromatic carbocycles. The van der Waals surface area contributed by atoms with Crippen molar-refractivity contribution in [2.45, 2.75) is 50.6 Å². The van der Waals surface area contributed by atoms with Crippen LogP contribution in [-0.2, 0) is 9.53 Å². The van der Waals surface area contributed by atoms with Crippen molar-refractivity contribution < 1.29 is 9.53 Å². The van der Waals surface area contributed by atoms with E-state index >= 15 is 0 Å². The summed E-state index contributed by atoms with van der Waals surface area (Å²) >= 11 is 0. The molecule has 1 N–H and O–H groups in total. The zero-order valence-electron chi connectivity index (χ0n) is 11.4. The summed E-state index contributed by atoms with van der Waals surface area (Å²) in [7, 11) is 5.66. The van der Waals surface area contributed by atoms with Crippen molar-refractivity contribution in [3.05, 3.63) is 0 Å². The zero-order chi connectivity index (χ0) is 12.7. The average Bonchev–Trinajstić information content (AvgIpc) is 2.38. The van der Waals surface area contributed by atoms with Crippen molar-refractivity contribution >= 4 is 5.97 Å². The van der Waals surface area contributed by atoms with Gasteiger partial charge in [0.25, 0.3) is 0 Å². The summed E-state index contributed by atoms with van der Waals surface area (Å²) in [4.78, 5) is 13.4. The Hall–Kier alpha value is -0.610. The van der Waals surface area contributed by atoms with Gasteiger partial charge in [-0.2, -0.15) is 0 Å². The summed E-state index contributed by atoms with van der Waals surface area (Å²) < 4.78 is 4.64. The van der Waals surface area contributed by atoms with E-state index in [1.807, 2.05) is 7.05 Å². The number of carbonyl (C=O) groups excluding carboxylic acids is 1. The van der Waals surface area contributed by atoms with Crippen LogP contribution in [-0.4, -0.2) is 50.7 Å². The van der Waals surface area contributed by atoms with E-state index in [1.165, 1.54) is 32.8 Å². The lowest BCUT2D eigenvalue weighted by atomic mass is 9.90. The summed E-state index contributed by atoms with van der Waals surface area (Å²) in [5.74, 6) is -0.0997. The molecule has 0 aromatic rings. The molecule has 0 atom stereocenters. The zero-order valence-corrected chi connectivity index (χ0v) is 11.4. The van der Waals surface area contributed by atoms with E-state index in [-0.39, 0.29) is 5.97 Å². The largest absolute Gasteiger partial charge is 0.469 e. The third kappa shape index (κ3) is 5.04. The molecular formula is C13H26N2O2. The SMILES string of the molecule is CNC1CCC(N(C)CCCC(=O)OC)CC1. The second kappa shape index (κ2) is 7.67. The maximum absolute atomic E-state index is 11.0. The Morgan fingerprint density at radius 2 is 2.00 bits per heavy atom. The molecule has 0 aliphatic heterocycles. The molecule has 0 saturated heterocycles. The Bertz CT molecular complexity index is 225. The second-order valence-corrected chi connectivity index (χ2v) is 4.95. The predicted molar refractivity (Wildman–Crippen MR) is 69.0 cm³/mol.